The van der Waals surface area contributed by atoms with Gasteiger partial charge in [-0.15, -0.1) is 0 Å². The van der Waals surface area contributed by atoms with E-state index in [1.54, 1.807) is 30.3 Å². The fourth-order valence-electron chi connectivity index (χ4n) is 3.25. The number of hydrogen-bond acceptors (Lipinski definition) is 2. The summed E-state index contributed by atoms with van der Waals surface area (Å²) in [5.41, 5.74) is -0.837. The van der Waals surface area contributed by atoms with Crippen molar-refractivity contribution >= 4 is 0 Å². The highest BCUT2D eigenvalue weighted by Gasteiger charge is 2.44. The molecule has 2 nitrogen and oxygen atoms in total. The van der Waals surface area contributed by atoms with Crippen LogP contribution in [0.5, 0.6) is 5.75 Å². The lowest BCUT2D eigenvalue weighted by molar-refractivity contribution is -0.253. The van der Waals surface area contributed by atoms with Crippen LogP contribution in [-0.2, 0) is 11.8 Å². The normalized spacial score (nSPS) is 13.5. The van der Waals surface area contributed by atoms with Crippen LogP contribution in [0.3, 0.4) is 0 Å². The van der Waals surface area contributed by atoms with Crippen molar-refractivity contribution in [3.8, 4) is 11.8 Å². The fraction of sp³-hybridized carbons (Fsp3) is 0.174. The maximum atomic E-state index is 14.3. The third kappa shape index (κ3) is 4.82. The van der Waals surface area contributed by atoms with Gasteiger partial charge in [0, 0.05) is 6.07 Å². The molecule has 0 aliphatic heterocycles. The van der Waals surface area contributed by atoms with Gasteiger partial charge in [-0.3, -0.25) is 0 Å². The van der Waals surface area contributed by atoms with Crippen molar-refractivity contribution < 1.29 is 31.1 Å². The largest absolute Gasteiger partial charge is 0.461 e. The predicted octanol–water partition coefficient (Wildman–Crippen LogP) is 6.25. The monoisotopic (exact) mass is 435 g/mol. The first-order chi connectivity index (χ1) is 14.7. The van der Waals surface area contributed by atoms with Crippen LogP contribution in [0.4, 0.5) is 26.3 Å². The molecule has 0 saturated heterocycles. The van der Waals surface area contributed by atoms with Crippen LogP contribution in [0.15, 0.2) is 72.8 Å². The Balaban J connectivity index is 2.17. The third-order valence-corrected chi connectivity index (χ3v) is 4.71. The number of ether oxygens (including phenoxy) is 1. The molecule has 0 saturated carbocycles. The molecule has 0 N–H and O–H groups in total. The van der Waals surface area contributed by atoms with Crippen LogP contribution in [0.2, 0.25) is 0 Å². The minimum atomic E-state index is -4.85. The molecule has 0 fully saturated rings. The van der Waals surface area contributed by atoms with E-state index in [-0.39, 0.29) is 17.5 Å². The molecule has 1 atom stereocenters. The Bertz CT molecular complexity index is 1080. The second kappa shape index (κ2) is 8.72. The van der Waals surface area contributed by atoms with Crippen LogP contribution in [-0.4, -0.2) is 12.5 Å². The Kier molecular flexibility index (Phi) is 6.25. The highest BCUT2D eigenvalue weighted by Crippen LogP contribution is 2.39. The van der Waals surface area contributed by atoms with Gasteiger partial charge in [-0.2, -0.15) is 22.8 Å². The average molecular weight is 435 g/mol. The molecule has 160 valence electrons. The second-order valence-corrected chi connectivity index (χ2v) is 6.83. The lowest BCUT2D eigenvalue weighted by Gasteiger charge is -2.29. The van der Waals surface area contributed by atoms with E-state index in [9.17, 15) is 31.6 Å². The molecule has 0 aromatic heterocycles. The van der Waals surface area contributed by atoms with Gasteiger partial charge >= 0.3 is 12.5 Å². The highest BCUT2D eigenvalue weighted by molar-refractivity contribution is 5.50. The predicted molar refractivity (Wildman–Crippen MR) is 101 cm³/mol. The molecule has 3 aromatic rings. The van der Waals surface area contributed by atoms with E-state index in [1.165, 1.54) is 12.1 Å². The Morgan fingerprint density at radius 1 is 0.839 bits per heavy atom. The van der Waals surface area contributed by atoms with Crippen LogP contribution < -0.4 is 4.74 Å². The zero-order valence-corrected chi connectivity index (χ0v) is 15.8. The van der Waals surface area contributed by atoms with Gasteiger partial charge in [0.15, 0.2) is 0 Å². The highest BCUT2D eigenvalue weighted by atomic mass is 19.3. The topological polar surface area (TPSA) is 33.0 Å². The van der Waals surface area contributed by atoms with Crippen LogP contribution in [0.1, 0.15) is 16.7 Å². The van der Waals surface area contributed by atoms with E-state index in [1.807, 2.05) is 0 Å². The van der Waals surface area contributed by atoms with Gasteiger partial charge in [0.1, 0.15) is 22.8 Å². The maximum Gasteiger partial charge on any atom is 0.461 e. The molecule has 8 heteroatoms. The van der Waals surface area contributed by atoms with Crippen molar-refractivity contribution in [2.75, 3.05) is 0 Å². The molecular weight excluding hydrogens is 420 g/mol. The van der Waals surface area contributed by atoms with E-state index < -0.39 is 35.3 Å². The molecule has 0 aliphatic carbocycles. The van der Waals surface area contributed by atoms with Crippen molar-refractivity contribution in [2.45, 2.75) is 24.4 Å². The number of nitrogens with zero attached hydrogens (tertiary/aromatic N) is 1. The summed E-state index contributed by atoms with van der Waals surface area (Å²) in [4.78, 5) is 0. The van der Waals surface area contributed by atoms with E-state index in [4.69, 9.17) is 0 Å². The summed E-state index contributed by atoms with van der Waals surface area (Å²) in [7, 11) is 0. The molecule has 0 aliphatic rings. The van der Waals surface area contributed by atoms with Gasteiger partial charge < -0.3 is 4.74 Å². The molecule has 0 heterocycles. The molecule has 0 bridgehead atoms. The smallest absolute Gasteiger partial charge is 0.428 e. The first-order valence-corrected chi connectivity index (χ1v) is 9.03. The summed E-state index contributed by atoms with van der Waals surface area (Å²) in [6.07, 6.45) is -9.01. The lowest BCUT2D eigenvalue weighted by atomic mass is 9.71. The van der Waals surface area contributed by atoms with Gasteiger partial charge in [-0.1, -0.05) is 42.5 Å². The number of benzene rings is 3. The number of nitriles is 1. The quantitative estimate of drug-likeness (QED) is 0.411. The Morgan fingerprint density at radius 2 is 1.48 bits per heavy atom. The zero-order chi connectivity index (χ0) is 22.6. The van der Waals surface area contributed by atoms with Crippen molar-refractivity contribution in [1.29, 1.82) is 5.26 Å². The summed E-state index contributed by atoms with van der Waals surface area (Å²) in [5.74, 6) is -2.50. The second-order valence-electron chi connectivity index (χ2n) is 6.83. The molecule has 3 aromatic carbocycles. The zero-order valence-electron chi connectivity index (χ0n) is 15.8. The van der Waals surface area contributed by atoms with Gasteiger partial charge in [0.2, 0.25) is 0 Å². The summed E-state index contributed by atoms with van der Waals surface area (Å²) in [6, 6.07) is 17.9. The molecule has 0 amide bonds. The number of halogens is 6. The molecule has 0 radical (unpaired) electrons. The molecule has 0 spiro atoms. The van der Waals surface area contributed by atoms with Crippen molar-refractivity contribution in [2.24, 2.45) is 0 Å². The van der Waals surface area contributed by atoms with Crippen LogP contribution >= 0.6 is 0 Å². The van der Waals surface area contributed by atoms with Gasteiger partial charge in [0.25, 0.3) is 0 Å². The summed E-state index contributed by atoms with van der Waals surface area (Å²) < 4.78 is 83.7. The lowest BCUT2D eigenvalue weighted by Crippen LogP contribution is -2.34. The van der Waals surface area contributed by atoms with E-state index >= 15 is 0 Å². The van der Waals surface area contributed by atoms with E-state index in [2.05, 4.69) is 10.8 Å². The SMILES string of the molecule is N#C[C@](Cc1ccccc1)(c1ccc(F)cc1)c1cc(F)cc(OC(F)(F)C(F)F)c1. The number of hydrogen-bond donors (Lipinski definition) is 0. The Morgan fingerprint density at radius 3 is 2.06 bits per heavy atom. The molecule has 3 rings (SSSR count). The van der Waals surface area contributed by atoms with E-state index in [0.29, 0.717) is 11.6 Å². The van der Waals surface area contributed by atoms with Gasteiger partial charge in [0.05, 0.1) is 6.07 Å². The third-order valence-electron chi connectivity index (χ3n) is 4.71. The summed E-state index contributed by atoms with van der Waals surface area (Å²) >= 11 is 0. The average Bonchev–Trinajstić information content (AvgIpc) is 2.72. The van der Waals surface area contributed by atoms with Crippen molar-refractivity contribution in [1.82, 2.24) is 0 Å². The van der Waals surface area contributed by atoms with Gasteiger partial charge in [-0.05, 0) is 47.4 Å². The standard InChI is InChI=1S/C23H15F6NO/c24-18-8-6-16(7-9-18)22(14-30,13-15-4-2-1-3-5-15)17-10-19(25)12-20(11-17)31-23(28,29)21(26)27/h1-12,21H,13H2/t22-/m1/s1. The Hall–Kier alpha value is -3.47. The van der Waals surface area contributed by atoms with Crippen LogP contribution in [0.25, 0.3) is 0 Å². The molecular formula is C23H15F6NO. The number of rotatable bonds is 7. The minimum Gasteiger partial charge on any atom is -0.428 e. The van der Waals surface area contributed by atoms with Crippen LogP contribution in [0, 0.1) is 23.0 Å². The maximum absolute atomic E-state index is 14.3. The van der Waals surface area contributed by atoms with E-state index in [0.717, 1.165) is 24.3 Å². The first kappa shape index (κ1) is 22.2. The summed E-state index contributed by atoms with van der Waals surface area (Å²) in [6.45, 7) is 0. The number of alkyl halides is 4. The molecule has 0 unspecified atom stereocenters. The summed E-state index contributed by atoms with van der Waals surface area (Å²) in [5, 5.41) is 10.1. The molecule has 31 heavy (non-hydrogen) atoms. The fourth-order valence-corrected chi connectivity index (χ4v) is 3.25. The van der Waals surface area contributed by atoms with Crippen molar-refractivity contribution in [3.63, 3.8) is 0 Å². The first-order valence-electron chi connectivity index (χ1n) is 9.03. The Labute approximate surface area is 174 Å². The minimum absolute atomic E-state index is 0.0237. The van der Waals surface area contributed by atoms with Gasteiger partial charge in [-0.25, -0.2) is 8.78 Å². The van der Waals surface area contributed by atoms with Crippen molar-refractivity contribution in [3.05, 3.63) is 101 Å².